The van der Waals surface area contributed by atoms with Gasteiger partial charge in [0.1, 0.15) is 16.0 Å². The summed E-state index contributed by atoms with van der Waals surface area (Å²) >= 11 is 3.33. The molecule has 4 nitrogen and oxygen atoms in total. The molecule has 0 spiro atoms. The first-order valence-corrected chi connectivity index (χ1v) is 8.41. The SMILES string of the molecule is COc1cc(C(=O)NCCc2ccc(C(F)(F)F)cc2)cc(OC)c1Br. The van der Waals surface area contributed by atoms with E-state index < -0.39 is 11.7 Å². The zero-order chi connectivity index (χ0) is 19.3. The van der Waals surface area contributed by atoms with E-state index >= 15 is 0 Å². The van der Waals surface area contributed by atoms with Gasteiger partial charge in [-0.05, 0) is 52.2 Å². The van der Waals surface area contributed by atoms with E-state index in [1.807, 2.05) is 0 Å². The van der Waals surface area contributed by atoms with Gasteiger partial charge in [0.25, 0.3) is 5.91 Å². The van der Waals surface area contributed by atoms with Gasteiger partial charge in [0.15, 0.2) is 0 Å². The highest BCUT2D eigenvalue weighted by Gasteiger charge is 2.29. The molecule has 0 unspecified atom stereocenters. The summed E-state index contributed by atoms with van der Waals surface area (Å²) in [5, 5.41) is 2.73. The van der Waals surface area contributed by atoms with E-state index in [4.69, 9.17) is 9.47 Å². The van der Waals surface area contributed by atoms with Crippen LogP contribution in [0.4, 0.5) is 13.2 Å². The Bertz CT molecular complexity index is 751. The molecule has 0 aromatic heterocycles. The minimum atomic E-state index is -4.35. The summed E-state index contributed by atoms with van der Waals surface area (Å²) in [5.41, 5.74) is 0.359. The Morgan fingerprint density at radius 2 is 1.62 bits per heavy atom. The van der Waals surface area contributed by atoms with Crippen LogP contribution in [-0.4, -0.2) is 26.7 Å². The second kappa shape index (κ2) is 8.44. The van der Waals surface area contributed by atoms with E-state index in [0.717, 1.165) is 12.1 Å². The minimum absolute atomic E-state index is 0.283. The monoisotopic (exact) mass is 431 g/mol. The lowest BCUT2D eigenvalue weighted by molar-refractivity contribution is -0.137. The van der Waals surface area contributed by atoms with Crippen molar-refractivity contribution < 1.29 is 27.4 Å². The van der Waals surface area contributed by atoms with Crippen LogP contribution >= 0.6 is 15.9 Å². The molecule has 2 rings (SSSR count). The van der Waals surface area contributed by atoms with Gasteiger partial charge in [0.2, 0.25) is 0 Å². The first-order valence-electron chi connectivity index (χ1n) is 7.62. The Labute approximate surface area is 157 Å². The molecule has 0 fully saturated rings. The molecule has 2 aromatic carbocycles. The van der Waals surface area contributed by atoms with Gasteiger partial charge in [0, 0.05) is 12.1 Å². The summed E-state index contributed by atoms with van der Waals surface area (Å²) in [7, 11) is 2.96. The fourth-order valence-electron chi connectivity index (χ4n) is 2.28. The Balaban J connectivity index is 1.99. The Kier molecular flexibility index (Phi) is 6.52. The molecule has 1 N–H and O–H groups in total. The lowest BCUT2D eigenvalue weighted by Gasteiger charge is -2.12. The van der Waals surface area contributed by atoms with Crippen molar-refractivity contribution in [1.29, 1.82) is 0 Å². The third kappa shape index (κ3) is 4.91. The molecule has 0 bridgehead atoms. The number of hydrogen-bond acceptors (Lipinski definition) is 3. The second-order valence-corrected chi connectivity index (χ2v) is 6.19. The van der Waals surface area contributed by atoms with Crippen molar-refractivity contribution >= 4 is 21.8 Å². The number of hydrogen-bond donors (Lipinski definition) is 1. The number of benzene rings is 2. The molecular weight excluding hydrogens is 415 g/mol. The predicted molar refractivity (Wildman–Crippen MR) is 94.7 cm³/mol. The molecule has 0 aliphatic carbocycles. The molecule has 0 atom stereocenters. The maximum Gasteiger partial charge on any atom is 0.416 e. The summed E-state index contributed by atoms with van der Waals surface area (Å²) in [4.78, 5) is 12.3. The van der Waals surface area contributed by atoms with E-state index in [0.29, 0.717) is 33.5 Å². The summed E-state index contributed by atoms with van der Waals surface area (Å²) in [5.74, 6) is 0.579. The van der Waals surface area contributed by atoms with Gasteiger partial charge in [-0.25, -0.2) is 0 Å². The van der Waals surface area contributed by atoms with Crippen LogP contribution in [0.1, 0.15) is 21.5 Å². The molecule has 0 aliphatic rings. The zero-order valence-electron chi connectivity index (χ0n) is 14.1. The highest BCUT2D eigenvalue weighted by molar-refractivity contribution is 9.10. The highest BCUT2D eigenvalue weighted by atomic mass is 79.9. The van der Waals surface area contributed by atoms with Crippen LogP contribution in [0.2, 0.25) is 0 Å². The number of alkyl halides is 3. The van der Waals surface area contributed by atoms with Gasteiger partial charge in [0.05, 0.1) is 19.8 Å². The molecule has 8 heteroatoms. The lowest BCUT2D eigenvalue weighted by atomic mass is 10.1. The molecule has 26 heavy (non-hydrogen) atoms. The van der Waals surface area contributed by atoms with E-state index in [9.17, 15) is 18.0 Å². The van der Waals surface area contributed by atoms with Gasteiger partial charge >= 0.3 is 6.18 Å². The van der Waals surface area contributed by atoms with Crippen LogP contribution < -0.4 is 14.8 Å². The molecular formula is C18H17BrF3NO3. The summed E-state index contributed by atoms with van der Waals surface area (Å²) in [6, 6.07) is 8.00. The van der Waals surface area contributed by atoms with Crippen LogP contribution in [0.5, 0.6) is 11.5 Å². The predicted octanol–water partition coefficient (Wildman–Crippen LogP) is 4.46. The Hall–Kier alpha value is -2.22. The second-order valence-electron chi connectivity index (χ2n) is 5.40. The van der Waals surface area contributed by atoms with Crippen molar-refractivity contribution in [2.24, 2.45) is 0 Å². The van der Waals surface area contributed by atoms with Crippen molar-refractivity contribution in [3.63, 3.8) is 0 Å². The number of methoxy groups -OCH3 is 2. The number of nitrogens with one attached hydrogen (secondary N) is 1. The maximum atomic E-state index is 12.5. The van der Waals surface area contributed by atoms with E-state index in [1.165, 1.54) is 26.4 Å². The van der Waals surface area contributed by atoms with E-state index in [2.05, 4.69) is 21.2 Å². The van der Waals surface area contributed by atoms with Gasteiger partial charge < -0.3 is 14.8 Å². The van der Waals surface area contributed by atoms with Gasteiger partial charge in [-0.3, -0.25) is 4.79 Å². The average Bonchev–Trinajstić information content (AvgIpc) is 2.61. The number of ether oxygens (including phenoxy) is 2. The highest BCUT2D eigenvalue weighted by Crippen LogP contribution is 2.35. The van der Waals surface area contributed by atoms with Crippen molar-refractivity contribution in [3.8, 4) is 11.5 Å². The first-order chi connectivity index (χ1) is 12.3. The lowest BCUT2D eigenvalue weighted by Crippen LogP contribution is -2.25. The molecule has 0 radical (unpaired) electrons. The number of amides is 1. The van der Waals surface area contributed by atoms with Crippen LogP contribution in [0.15, 0.2) is 40.9 Å². The fourth-order valence-corrected chi connectivity index (χ4v) is 2.84. The van der Waals surface area contributed by atoms with Crippen molar-refractivity contribution in [2.45, 2.75) is 12.6 Å². The first kappa shape index (κ1) is 20.1. The van der Waals surface area contributed by atoms with E-state index in [1.54, 1.807) is 12.1 Å². The normalized spacial score (nSPS) is 11.2. The van der Waals surface area contributed by atoms with Crippen LogP contribution in [-0.2, 0) is 12.6 Å². The third-order valence-corrected chi connectivity index (χ3v) is 4.47. The molecule has 0 saturated heterocycles. The summed E-state index contributed by atoms with van der Waals surface area (Å²) in [6.45, 7) is 0.283. The number of rotatable bonds is 6. The smallest absolute Gasteiger partial charge is 0.416 e. The average molecular weight is 432 g/mol. The van der Waals surface area contributed by atoms with Crippen LogP contribution in [0, 0.1) is 0 Å². The largest absolute Gasteiger partial charge is 0.495 e. The van der Waals surface area contributed by atoms with Gasteiger partial charge in [-0.15, -0.1) is 0 Å². The number of halogens is 4. The summed E-state index contributed by atoms with van der Waals surface area (Å²) in [6.07, 6.45) is -3.94. The van der Waals surface area contributed by atoms with Gasteiger partial charge in [-0.1, -0.05) is 12.1 Å². The molecule has 0 heterocycles. The van der Waals surface area contributed by atoms with Gasteiger partial charge in [-0.2, -0.15) is 13.2 Å². The Morgan fingerprint density at radius 1 is 1.08 bits per heavy atom. The van der Waals surface area contributed by atoms with E-state index in [-0.39, 0.29) is 12.5 Å². The minimum Gasteiger partial charge on any atom is -0.495 e. The zero-order valence-corrected chi connectivity index (χ0v) is 15.7. The number of carbonyl (C=O) groups is 1. The topological polar surface area (TPSA) is 47.6 Å². The molecule has 2 aromatic rings. The maximum absolute atomic E-state index is 12.5. The molecule has 1 amide bonds. The Morgan fingerprint density at radius 3 is 2.08 bits per heavy atom. The molecule has 0 aliphatic heterocycles. The quantitative estimate of drug-likeness (QED) is 0.734. The third-order valence-electron chi connectivity index (χ3n) is 3.69. The van der Waals surface area contributed by atoms with Crippen molar-refractivity contribution in [2.75, 3.05) is 20.8 Å². The van der Waals surface area contributed by atoms with Crippen molar-refractivity contribution in [1.82, 2.24) is 5.32 Å². The van der Waals surface area contributed by atoms with Crippen molar-refractivity contribution in [3.05, 3.63) is 57.6 Å². The van der Waals surface area contributed by atoms with Crippen LogP contribution in [0.25, 0.3) is 0 Å². The summed E-state index contributed by atoms with van der Waals surface area (Å²) < 4.78 is 48.6. The number of carbonyl (C=O) groups excluding carboxylic acids is 1. The standard InChI is InChI=1S/C18H17BrF3NO3/c1-25-14-9-12(10-15(26-2)16(14)19)17(24)23-8-7-11-3-5-13(6-4-11)18(20,21)22/h3-6,9-10H,7-8H2,1-2H3,(H,23,24). The fraction of sp³-hybridized carbons (Fsp3) is 0.278. The molecule has 0 saturated carbocycles. The molecule has 140 valence electrons. The van der Waals surface area contributed by atoms with Crippen LogP contribution in [0.3, 0.4) is 0 Å².